The smallest absolute Gasteiger partial charge is 0.267 e. The number of H-pyrrole nitrogens is 1. The van der Waals surface area contributed by atoms with Crippen molar-refractivity contribution in [2.24, 2.45) is 7.05 Å². The lowest BCUT2D eigenvalue weighted by atomic mass is 10.00. The van der Waals surface area contributed by atoms with Crippen molar-refractivity contribution in [3.8, 4) is 0 Å². The molecule has 0 saturated carbocycles. The first kappa shape index (κ1) is 15.3. The Balaban J connectivity index is 1.73. The molecule has 120 valence electrons. The summed E-state index contributed by atoms with van der Waals surface area (Å²) in [4.78, 5) is 15.4. The number of hydrogen-bond acceptors (Lipinski definition) is 3. The van der Waals surface area contributed by atoms with E-state index in [2.05, 4.69) is 15.4 Å². The zero-order valence-electron chi connectivity index (χ0n) is 13.4. The van der Waals surface area contributed by atoms with E-state index in [9.17, 15) is 9.90 Å². The quantitative estimate of drug-likeness (QED) is 0.687. The number of benzene rings is 1. The van der Waals surface area contributed by atoms with Gasteiger partial charge in [0.05, 0.1) is 12.7 Å². The highest BCUT2D eigenvalue weighted by Crippen LogP contribution is 2.20. The summed E-state index contributed by atoms with van der Waals surface area (Å²) in [7, 11) is 1.78. The minimum Gasteiger partial charge on any atom is -0.383 e. The van der Waals surface area contributed by atoms with Crippen LogP contribution in [0.15, 0.2) is 36.7 Å². The SMILES string of the molecule is Cc1ccc2cc(C(=O)NCC(C)(O)c3cnn(C)c3)[nH]c2c1. The van der Waals surface area contributed by atoms with Gasteiger partial charge >= 0.3 is 0 Å². The molecule has 23 heavy (non-hydrogen) atoms. The van der Waals surface area contributed by atoms with Crippen LogP contribution < -0.4 is 5.32 Å². The topological polar surface area (TPSA) is 82.9 Å². The van der Waals surface area contributed by atoms with E-state index in [1.54, 1.807) is 31.0 Å². The molecular weight excluding hydrogens is 292 g/mol. The van der Waals surface area contributed by atoms with Crippen molar-refractivity contribution in [1.29, 1.82) is 0 Å². The number of amides is 1. The number of hydrogen-bond donors (Lipinski definition) is 3. The summed E-state index contributed by atoms with van der Waals surface area (Å²) < 4.78 is 1.62. The normalized spacial score (nSPS) is 13.9. The molecule has 3 aromatic rings. The molecule has 6 nitrogen and oxygen atoms in total. The number of fused-ring (bicyclic) bond motifs is 1. The van der Waals surface area contributed by atoms with Gasteiger partial charge in [0.1, 0.15) is 11.3 Å². The Morgan fingerprint density at radius 2 is 2.22 bits per heavy atom. The van der Waals surface area contributed by atoms with Crippen LogP contribution in [0, 0.1) is 6.92 Å². The predicted molar refractivity (Wildman–Crippen MR) is 88.1 cm³/mol. The van der Waals surface area contributed by atoms with Crippen LogP contribution in [-0.2, 0) is 12.6 Å². The van der Waals surface area contributed by atoms with E-state index in [4.69, 9.17) is 0 Å². The second-order valence-corrected chi connectivity index (χ2v) is 6.13. The minimum absolute atomic E-state index is 0.103. The van der Waals surface area contributed by atoms with Crippen LogP contribution in [0.2, 0.25) is 0 Å². The lowest BCUT2D eigenvalue weighted by molar-refractivity contribution is 0.0524. The van der Waals surface area contributed by atoms with Crippen LogP contribution in [-0.4, -0.2) is 32.3 Å². The number of carbonyl (C=O) groups excluding carboxylic acids is 1. The predicted octanol–water partition coefficient (Wildman–Crippen LogP) is 1.85. The van der Waals surface area contributed by atoms with Crippen molar-refractivity contribution in [2.75, 3.05) is 6.54 Å². The highest BCUT2D eigenvalue weighted by atomic mass is 16.3. The van der Waals surface area contributed by atoms with Crippen LogP contribution in [0.4, 0.5) is 0 Å². The number of aliphatic hydroxyl groups is 1. The van der Waals surface area contributed by atoms with Crippen LogP contribution in [0.5, 0.6) is 0 Å². The van der Waals surface area contributed by atoms with Crippen molar-refractivity contribution < 1.29 is 9.90 Å². The number of aromatic nitrogens is 3. The molecular formula is C17H20N4O2. The summed E-state index contributed by atoms with van der Waals surface area (Å²) in [6.45, 7) is 3.76. The van der Waals surface area contributed by atoms with Gasteiger partial charge in [-0.1, -0.05) is 12.1 Å². The van der Waals surface area contributed by atoms with E-state index in [0.29, 0.717) is 11.3 Å². The zero-order valence-corrected chi connectivity index (χ0v) is 13.4. The van der Waals surface area contributed by atoms with Gasteiger partial charge in [0.15, 0.2) is 0 Å². The summed E-state index contributed by atoms with van der Waals surface area (Å²) in [5.41, 5.74) is 2.02. The van der Waals surface area contributed by atoms with Crippen LogP contribution in [0.3, 0.4) is 0 Å². The average molecular weight is 312 g/mol. The van der Waals surface area contributed by atoms with Gasteiger partial charge < -0.3 is 15.4 Å². The van der Waals surface area contributed by atoms with Crippen LogP contribution >= 0.6 is 0 Å². The Kier molecular flexibility index (Phi) is 3.69. The number of aryl methyl sites for hydroxylation is 2. The van der Waals surface area contributed by atoms with Gasteiger partial charge in [0, 0.05) is 29.7 Å². The molecule has 0 fully saturated rings. The van der Waals surface area contributed by atoms with Gasteiger partial charge in [0.2, 0.25) is 0 Å². The zero-order chi connectivity index (χ0) is 16.6. The second kappa shape index (κ2) is 5.55. The van der Waals surface area contributed by atoms with Gasteiger partial charge in [-0.05, 0) is 31.5 Å². The molecule has 0 aliphatic carbocycles. The first-order valence-corrected chi connectivity index (χ1v) is 7.44. The Bertz CT molecular complexity index is 860. The molecule has 0 aliphatic rings. The highest BCUT2D eigenvalue weighted by molar-refractivity contribution is 5.98. The van der Waals surface area contributed by atoms with Gasteiger partial charge in [-0.15, -0.1) is 0 Å². The van der Waals surface area contributed by atoms with E-state index in [1.807, 2.05) is 31.2 Å². The number of nitrogens with one attached hydrogen (secondary N) is 2. The number of rotatable bonds is 4. The van der Waals surface area contributed by atoms with Crippen molar-refractivity contribution in [3.05, 3.63) is 53.5 Å². The maximum Gasteiger partial charge on any atom is 0.267 e. The summed E-state index contributed by atoms with van der Waals surface area (Å²) in [5.74, 6) is -0.247. The van der Waals surface area contributed by atoms with Crippen molar-refractivity contribution in [3.63, 3.8) is 0 Å². The third-order valence-electron chi connectivity index (χ3n) is 3.94. The summed E-state index contributed by atoms with van der Waals surface area (Å²) in [5, 5.41) is 18.3. The Morgan fingerprint density at radius 1 is 1.43 bits per heavy atom. The summed E-state index contributed by atoms with van der Waals surface area (Å²) >= 11 is 0. The molecule has 1 amide bonds. The molecule has 1 aromatic carbocycles. The average Bonchev–Trinajstić information content (AvgIpc) is 3.11. The molecule has 3 N–H and O–H groups in total. The fourth-order valence-electron chi connectivity index (χ4n) is 2.51. The Labute approximate surface area is 134 Å². The first-order chi connectivity index (χ1) is 10.8. The third kappa shape index (κ3) is 3.12. The van der Waals surface area contributed by atoms with E-state index in [1.165, 1.54) is 0 Å². The maximum atomic E-state index is 12.3. The maximum absolute atomic E-state index is 12.3. The van der Waals surface area contributed by atoms with Crippen molar-refractivity contribution in [1.82, 2.24) is 20.1 Å². The standard InChI is InChI=1S/C17H20N4O2/c1-11-4-5-12-7-15(20-14(12)6-11)16(22)18-10-17(2,23)13-8-19-21(3)9-13/h4-9,20,23H,10H2,1-3H3,(H,18,22). The molecule has 0 aliphatic heterocycles. The van der Waals surface area contributed by atoms with E-state index < -0.39 is 5.60 Å². The van der Waals surface area contributed by atoms with Crippen molar-refractivity contribution in [2.45, 2.75) is 19.4 Å². The Morgan fingerprint density at radius 3 is 2.91 bits per heavy atom. The van der Waals surface area contributed by atoms with Crippen LogP contribution in [0.25, 0.3) is 10.9 Å². The van der Waals surface area contributed by atoms with Gasteiger partial charge in [-0.2, -0.15) is 5.10 Å². The monoisotopic (exact) mass is 312 g/mol. The number of carbonyl (C=O) groups is 1. The second-order valence-electron chi connectivity index (χ2n) is 6.13. The molecule has 0 saturated heterocycles. The van der Waals surface area contributed by atoms with Gasteiger partial charge in [0.25, 0.3) is 5.91 Å². The minimum atomic E-state index is -1.17. The third-order valence-corrected chi connectivity index (χ3v) is 3.94. The fourth-order valence-corrected chi connectivity index (χ4v) is 2.51. The first-order valence-electron chi connectivity index (χ1n) is 7.44. The van der Waals surface area contributed by atoms with Gasteiger partial charge in [-0.3, -0.25) is 9.48 Å². The van der Waals surface area contributed by atoms with E-state index >= 15 is 0 Å². The van der Waals surface area contributed by atoms with Crippen LogP contribution in [0.1, 0.15) is 28.5 Å². The van der Waals surface area contributed by atoms with E-state index in [-0.39, 0.29) is 12.5 Å². The van der Waals surface area contributed by atoms with E-state index in [0.717, 1.165) is 16.5 Å². The summed E-state index contributed by atoms with van der Waals surface area (Å²) in [6.07, 6.45) is 3.33. The molecule has 0 radical (unpaired) electrons. The molecule has 0 spiro atoms. The highest BCUT2D eigenvalue weighted by Gasteiger charge is 2.25. The molecule has 1 unspecified atom stereocenters. The molecule has 1 atom stereocenters. The molecule has 2 aromatic heterocycles. The van der Waals surface area contributed by atoms with Gasteiger partial charge in [-0.25, -0.2) is 0 Å². The number of nitrogens with zero attached hydrogens (tertiary/aromatic N) is 2. The van der Waals surface area contributed by atoms with Crippen molar-refractivity contribution >= 4 is 16.8 Å². The lowest BCUT2D eigenvalue weighted by Gasteiger charge is -2.22. The molecule has 0 bridgehead atoms. The lowest BCUT2D eigenvalue weighted by Crippen LogP contribution is -2.38. The fraction of sp³-hybridized carbons (Fsp3) is 0.294. The molecule has 3 rings (SSSR count). The largest absolute Gasteiger partial charge is 0.383 e. The summed E-state index contributed by atoms with van der Waals surface area (Å²) in [6, 6.07) is 7.79. The Hall–Kier alpha value is -2.60. The molecule has 2 heterocycles. The molecule has 6 heteroatoms. The number of aromatic amines is 1.